The number of carbonyl (C=O) groups excluding carboxylic acids is 2. The van der Waals surface area contributed by atoms with Gasteiger partial charge in [0.15, 0.2) is 6.61 Å². The second-order valence-corrected chi connectivity index (χ2v) is 8.12. The van der Waals surface area contributed by atoms with Gasteiger partial charge in [-0.3, -0.25) is 9.59 Å². The summed E-state index contributed by atoms with van der Waals surface area (Å²) in [5.41, 5.74) is -1.23. The van der Waals surface area contributed by atoms with Gasteiger partial charge in [-0.25, -0.2) is 0 Å². The molecule has 0 heterocycles. The van der Waals surface area contributed by atoms with Gasteiger partial charge in [0.2, 0.25) is 0 Å². The minimum atomic E-state index is -0.680. The lowest BCUT2D eigenvalue weighted by molar-refractivity contribution is -0.196. The Hall–Kier alpha value is -1.10. The molecule has 0 spiro atoms. The molecule has 23 heavy (non-hydrogen) atoms. The minimum Gasteiger partial charge on any atom is -0.455 e. The normalized spacial score (nSPS) is 37.9. The van der Waals surface area contributed by atoms with Crippen LogP contribution in [-0.2, 0) is 14.3 Å². The molecule has 0 aromatic heterocycles. The van der Waals surface area contributed by atoms with Crippen LogP contribution >= 0.6 is 0 Å². The summed E-state index contributed by atoms with van der Waals surface area (Å²) in [7, 11) is 0. The van der Waals surface area contributed by atoms with Gasteiger partial charge in [0.1, 0.15) is 0 Å². The molecule has 0 aromatic carbocycles. The van der Waals surface area contributed by atoms with Gasteiger partial charge >= 0.3 is 5.97 Å². The first-order valence-electron chi connectivity index (χ1n) is 9.07. The van der Waals surface area contributed by atoms with E-state index in [2.05, 4.69) is 5.32 Å². The molecule has 0 aromatic rings. The number of aliphatic hydroxyl groups is 1. The van der Waals surface area contributed by atoms with Crippen molar-refractivity contribution in [3.05, 3.63) is 0 Å². The number of carbonyl (C=O) groups is 2. The molecule has 2 unspecified atom stereocenters. The number of nitrogens with one attached hydrogen (secondary N) is 1. The molecule has 5 heteroatoms. The van der Waals surface area contributed by atoms with Crippen LogP contribution in [0.15, 0.2) is 0 Å². The Morgan fingerprint density at radius 1 is 1.17 bits per heavy atom. The van der Waals surface area contributed by atoms with Gasteiger partial charge in [-0.15, -0.1) is 0 Å². The van der Waals surface area contributed by atoms with Crippen molar-refractivity contribution < 1.29 is 19.4 Å². The highest BCUT2D eigenvalue weighted by Gasteiger charge is 2.60. The number of ether oxygens (including phenoxy) is 1. The lowest BCUT2D eigenvalue weighted by Crippen LogP contribution is -2.58. The Morgan fingerprint density at radius 3 is 2.30 bits per heavy atom. The molecule has 4 saturated carbocycles. The Bertz CT molecular complexity index is 471. The molecule has 0 aliphatic heterocycles. The van der Waals surface area contributed by atoms with Crippen LogP contribution < -0.4 is 5.32 Å². The van der Waals surface area contributed by atoms with Crippen molar-refractivity contribution in [3.8, 4) is 0 Å². The molecule has 4 aliphatic carbocycles. The van der Waals surface area contributed by atoms with E-state index in [0.29, 0.717) is 18.3 Å². The first-order valence-corrected chi connectivity index (χ1v) is 9.07. The van der Waals surface area contributed by atoms with Crippen molar-refractivity contribution in [3.63, 3.8) is 0 Å². The van der Waals surface area contributed by atoms with E-state index in [-0.39, 0.29) is 24.5 Å². The largest absolute Gasteiger partial charge is 0.455 e. The average Bonchev–Trinajstić information content (AvgIpc) is 2.47. The van der Waals surface area contributed by atoms with Crippen molar-refractivity contribution in [1.82, 2.24) is 5.32 Å². The average molecular weight is 323 g/mol. The standard InChI is InChI=1S/C18H29NO4/c1-3-14(4-2)19-15(20)10-23-16(21)17-6-12-5-13(7-17)9-18(22,8-12)11-17/h12-14,22H,3-11H2,1-2H3,(H,19,20)/t12-,13+,17?,18?. The molecule has 130 valence electrons. The number of hydrogen-bond donors (Lipinski definition) is 2. The second kappa shape index (κ2) is 6.08. The smallest absolute Gasteiger partial charge is 0.312 e. The molecule has 0 saturated heterocycles. The predicted molar refractivity (Wildman–Crippen MR) is 85.5 cm³/mol. The number of rotatable bonds is 6. The summed E-state index contributed by atoms with van der Waals surface area (Å²) in [4.78, 5) is 24.6. The van der Waals surface area contributed by atoms with Crippen LogP contribution in [0.2, 0.25) is 0 Å². The molecule has 0 radical (unpaired) electrons. The quantitative estimate of drug-likeness (QED) is 0.735. The van der Waals surface area contributed by atoms with E-state index in [0.717, 1.165) is 44.9 Å². The van der Waals surface area contributed by atoms with Gasteiger partial charge in [-0.2, -0.15) is 0 Å². The predicted octanol–water partition coefficient (Wildman–Crippen LogP) is 2.17. The SMILES string of the molecule is CCC(CC)NC(=O)COC(=O)C12C[C@@H]3C[C@@H](CC(O)(C3)C1)C2. The summed E-state index contributed by atoms with van der Waals surface area (Å²) in [5, 5.41) is 13.6. The molecule has 4 fully saturated rings. The maximum Gasteiger partial charge on any atom is 0.312 e. The fraction of sp³-hybridized carbons (Fsp3) is 0.889. The Morgan fingerprint density at radius 2 is 1.78 bits per heavy atom. The first-order chi connectivity index (χ1) is 10.9. The Balaban J connectivity index is 1.57. The molecule has 1 amide bonds. The zero-order valence-electron chi connectivity index (χ0n) is 14.3. The third-order valence-electron chi connectivity index (χ3n) is 6.15. The van der Waals surface area contributed by atoms with Crippen LogP contribution in [0.1, 0.15) is 65.2 Å². The molecule has 2 N–H and O–H groups in total. The van der Waals surface area contributed by atoms with Crippen LogP contribution in [0.25, 0.3) is 0 Å². The monoisotopic (exact) mass is 323 g/mol. The highest BCUT2D eigenvalue weighted by Crippen LogP contribution is 2.61. The topological polar surface area (TPSA) is 75.6 Å². The highest BCUT2D eigenvalue weighted by molar-refractivity contribution is 5.83. The summed E-state index contributed by atoms with van der Waals surface area (Å²) in [6, 6.07) is 0.140. The maximum atomic E-state index is 12.7. The molecular formula is C18H29NO4. The van der Waals surface area contributed by atoms with Crippen LogP contribution in [0.5, 0.6) is 0 Å². The second-order valence-electron chi connectivity index (χ2n) is 8.12. The van der Waals surface area contributed by atoms with Gasteiger partial charge in [-0.05, 0) is 63.2 Å². The van der Waals surface area contributed by atoms with Crippen molar-refractivity contribution in [1.29, 1.82) is 0 Å². The molecule has 4 rings (SSSR count). The van der Waals surface area contributed by atoms with Crippen molar-refractivity contribution in [2.24, 2.45) is 17.3 Å². The Kier molecular flexibility index (Phi) is 4.43. The van der Waals surface area contributed by atoms with E-state index in [1.165, 1.54) is 0 Å². The van der Waals surface area contributed by atoms with E-state index in [4.69, 9.17) is 4.74 Å². The summed E-state index contributed by atoms with van der Waals surface area (Å²) < 4.78 is 5.36. The third-order valence-corrected chi connectivity index (χ3v) is 6.15. The lowest BCUT2D eigenvalue weighted by atomic mass is 9.48. The zero-order valence-corrected chi connectivity index (χ0v) is 14.3. The van der Waals surface area contributed by atoms with Gasteiger partial charge in [0.25, 0.3) is 5.91 Å². The molecule has 4 aliphatic rings. The number of amides is 1. The number of esters is 1. The summed E-state index contributed by atoms with van der Waals surface area (Å²) in [5.74, 6) is 0.375. The van der Waals surface area contributed by atoms with Gasteiger partial charge < -0.3 is 15.2 Å². The first kappa shape index (κ1) is 16.7. The minimum absolute atomic E-state index is 0.140. The van der Waals surface area contributed by atoms with E-state index in [1.54, 1.807) is 0 Å². The van der Waals surface area contributed by atoms with E-state index >= 15 is 0 Å². The summed E-state index contributed by atoms with van der Waals surface area (Å²) in [6.07, 6.45) is 6.68. The molecule has 4 bridgehead atoms. The van der Waals surface area contributed by atoms with Gasteiger partial charge in [0, 0.05) is 6.04 Å². The van der Waals surface area contributed by atoms with Crippen LogP contribution in [0, 0.1) is 17.3 Å². The molecule has 5 nitrogen and oxygen atoms in total. The van der Waals surface area contributed by atoms with E-state index in [9.17, 15) is 14.7 Å². The van der Waals surface area contributed by atoms with Gasteiger partial charge in [0.05, 0.1) is 11.0 Å². The van der Waals surface area contributed by atoms with Crippen LogP contribution in [0.4, 0.5) is 0 Å². The summed E-state index contributed by atoms with van der Waals surface area (Å²) in [6.45, 7) is 3.85. The fourth-order valence-corrected chi connectivity index (χ4v) is 5.50. The molecule has 4 atom stereocenters. The molecular weight excluding hydrogens is 294 g/mol. The summed E-state index contributed by atoms with van der Waals surface area (Å²) >= 11 is 0. The fourth-order valence-electron chi connectivity index (χ4n) is 5.50. The van der Waals surface area contributed by atoms with Crippen molar-refractivity contribution >= 4 is 11.9 Å². The van der Waals surface area contributed by atoms with Crippen LogP contribution in [-0.4, -0.2) is 35.2 Å². The highest BCUT2D eigenvalue weighted by atomic mass is 16.5. The van der Waals surface area contributed by atoms with Crippen molar-refractivity contribution in [2.75, 3.05) is 6.61 Å². The van der Waals surface area contributed by atoms with Gasteiger partial charge in [-0.1, -0.05) is 13.8 Å². The lowest BCUT2D eigenvalue weighted by Gasteiger charge is -2.58. The van der Waals surface area contributed by atoms with E-state index in [1.807, 2.05) is 13.8 Å². The van der Waals surface area contributed by atoms with E-state index < -0.39 is 11.0 Å². The zero-order chi connectivity index (χ0) is 16.7. The van der Waals surface area contributed by atoms with Crippen LogP contribution in [0.3, 0.4) is 0 Å². The van der Waals surface area contributed by atoms with Crippen molar-refractivity contribution in [2.45, 2.75) is 76.9 Å². The number of hydrogen-bond acceptors (Lipinski definition) is 4. The Labute approximate surface area is 138 Å². The maximum absolute atomic E-state index is 12.7. The third kappa shape index (κ3) is 3.25.